The molecule has 0 aliphatic rings. The summed E-state index contributed by atoms with van der Waals surface area (Å²) in [4.78, 5) is 11.5. The molecule has 0 amide bonds. The summed E-state index contributed by atoms with van der Waals surface area (Å²) in [5.74, 6) is 0.357. The Balaban J connectivity index is 2.22. The Labute approximate surface area is 123 Å². The number of hydrogen-bond donors (Lipinski definition) is 0. The van der Waals surface area contributed by atoms with Crippen molar-refractivity contribution in [3.8, 4) is 11.5 Å². The molecule has 0 N–H and O–H groups in total. The number of hydrogen-bond acceptors (Lipinski definition) is 3. The number of halogens is 1. The third kappa shape index (κ3) is 3.81. The van der Waals surface area contributed by atoms with Crippen LogP contribution in [0.4, 0.5) is 4.39 Å². The van der Waals surface area contributed by atoms with E-state index in [1.165, 1.54) is 13.0 Å². The van der Waals surface area contributed by atoms with E-state index in [1.54, 1.807) is 36.4 Å². The molecule has 0 saturated carbocycles. The first-order chi connectivity index (χ1) is 10.1. The summed E-state index contributed by atoms with van der Waals surface area (Å²) >= 11 is 0. The first kappa shape index (κ1) is 15.0. The second-order valence-electron chi connectivity index (χ2n) is 4.53. The van der Waals surface area contributed by atoms with Crippen molar-refractivity contribution in [2.45, 2.75) is 20.5 Å². The predicted octanol–water partition coefficient (Wildman–Crippen LogP) is 4.01. The van der Waals surface area contributed by atoms with Crippen molar-refractivity contribution in [2.75, 3.05) is 6.61 Å². The van der Waals surface area contributed by atoms with Gasteiger partial charge in [0.1, 0.15) is 12.4 Å². The highest BCUT2D eigenvalue weighted by molar-refractivity contribution is 5.94. The number of benzene rings is 2. The summed E-state index contributed by atoms with van der Waals surface area (Å²) in [6.45, 7) is 4.01. The van der Waals surface area contributed by atoms with Crippen LogP contribution in [0.15, 0.2) is 42.5 Å². The van der Waals surface area contributed by atoms with Gasteiger partial charge in [-0.3, -0.25) is 4.79 Å². The van der Waals surface area contributed by atoms with E-state index < -0.39 is 5.82 Å². The SMILES string of the molecule is CCOc1ccc(C(C)=O)cc1COc1ccccc1F. The summed E-state index contributed by atoms with van der Waals surface area (Å²) in [6.07, 6.45) is 0. The maximum atomic E-state index is 13.5. The Kier molecular flexibility index (Phi) is 4.93. The van der Waals surface area contributed by atoms with E-state index in [2.05, 4.69) is 0 Å². The molecule has 2 rings (SSSR count). The molecule has 0 atom stereocenters. The van der Waals surface area contributed by atoms with Gasteiger partial charge in [-0.15, -0.1) is 0 Å². The molecule has 0 aliphatic heterocycles. The van der Waals surface area contributed by atoms with Crippen LogP contribution in [0.1, 0.15) is 29.8 Å². The fourth-order valence-corrected chi connectivity index (χ4v) is 1.92. The standard InChI is InChI=1S/C17H17FO3/c1-3-20-16-9-8-13(12(2)19)10-14(16)11-21-17-7-5-4-6-15(17)18/h4-10H,3,11H2,1-2H3. The molecule has 0 heterocycles. The summed E-state index contributed by atoms with van der Waals surface area (Å²) in [5, 5.41) is 0. The van der Waals surface area contributed by atoms with Gasteiger partial charge in [-0.05, 0) is 44.2 Å². The van der Waals surface area contributed by atoms with Crippen LogP contribution in [0.25, 0.3) is 0 Å². The van der Waals surface area contributed by atoms with E-state index >= 15 is 0 Å². The lowest BCUT2D eigenvalue weighted by molar-refractivity contribution is 0.101. The Hall–Kier alpha value is -2.36. The van der Waals surface area contributed by atoms with Gasteiger partial charge in [0, 0.05) is 11.1 Å². The number of carbonyl (C=O) groups is 1. The minimum absolute atomic E-state index is 0.0369. The highest BCUT2D eigenvalue weighted by Gasteiger charge is 2.10. The average molecular weight is 288 g/mol. The monoisotopic (exact) mass is 288 g/mol. The van der Waals surface area contributed by atoms with E-state index in [0.717, 1.165) is 0 Å². The van der Waals surface area contributed by atoms with Crippen molar-refractivity contribution < 1.29 is 18.7 Å². The lowest BCUT2D eigenvalue weighted by Crippen LogP contribution is -2.04. The number of para-hydroxylation sites is 1. The molecule has 0 spiro atoms. The third-order valence-corrected chi connectivity index (χ3v) is 2.99. The minimum atomic E-state index is -0.418. The quantitative estimate of drug-likeness (QED) is 0.753. The fraction of sp³-hybridized carbons (Fsp3) is 0.235. The minimum Gasteiger partial charge on any atom is -0.493 e. The van der Waals surface area contributed by atoms with E-state index in [0.29, 0.717) is 23.5 Å². The predicted molar refractivity (Wildman–Crippen MR) is 78.3 cm³/mol. The van der Waals surface area contributed by atoms with Gasteiger partial charge in [-0.2, -0.15) is 0 Å². The number of ketones is 1. The van der Waals surface area contributed by atoms with Crippen molar-refractivity contribution in [1.82, 2.24) is 0 Å². The molecule has 0 saturated heterocycles. The number of ether oxygens (including phenoxy) is 2. The van der Waals surface area contributed by atoms with E-state index in [9.17, 15) is 9.18 Å². The number of Topliss-reactive ketones (excluding diaryl/α,β-unsaturated/α-hetero) is 1. The Morgan fingerprint density at radius 3 is 2.52 bits per heavy atom. The van der Waals surface area contributed by atoms with Crippen LogP contribution in [0.2, 0.25) is 0 Å². The topological polar surface area (TPSA) is 35.5 Å². The lowest BCUT2D eigenvalue weighted by atomic mass is 10.1. The van der Waals surface area contributed by atoms with Crippen molar-refractivity contribution in [1.29, 1.82) is 0 Å². The molecule has 0 aromatic heterocycles. The molecule has 0 aliphatic carbocycles. The van der Waals surface area contributed by atoms with Crippen molar-refractivity contribution in [3.63, 3.8) is 0 Å². The molecule has 0 unspecified atom stereocenters. The molecule has 0 radical (unpaired) electrons. The summed E-state index contributed by atoms with van der Waals surface area (Å²) < 4.78 is 24.5. The lowest BCUT2D eigenvalue weighted by Gasteiger charge is -2.13. The Morgan fingerprint density at radius 1 is 1.10 bits per heavy atom. The maximum absolute atomic E-state index is 13.5. The second kappa shape index (κ2) is 6.88. The first-order valence-electron chi connectivity index (χ1n) is 6.75. The molecule has 0 bridgehead atoms. The molecule has 2 aromatic carbocycles. The van der Waals surface area contributed by atoms with Crippen LogP contribution in [0.3, 0.4) is 0 Å². The van der Waals surface area contributed by atoms with Crippen LogP contribution in [0, 0.1) is 5.82 Å². The number of rotatable bonds is 6. The van der Waals surface area contributed by atoms with Gasteiger partial charge >= 0.3 is 0 Å². The van der Waals surface area contributed by atoms with Gasteiger partial charge in [0.2, 0.25) is 0 Å². The van der Waals surface area contributed by atoms with Gasteiger partial charge in [-0.25, -0.2) is 4.39 Å². The Bertz CT molecular complexity index is 638. The zero-order valence-electron chi connectivity index (χ0n) is 12.1. The van der Waals surface area contributed by atoms with E-state index in [-0.39, 0.29) is 18.1 Å². The molecular formula is C17H17FO3. The molecule has 2 aromatic rings. The van der Waals surface area contributed by atoms with Crippen LogP contribution in [0.5, 0.6) is 11.5 Å². The summed E-state index contributed by atoms with van der Waals surface area (Å²) in [7, 11) is 0. The van der Waals surface area contributed by atoms with E-state index in [4.69, 9.17) is 9.47 Å². The van der Waals surface area contributed by atoms with Gasteiger partial charge in [0.05, 0.1) is 6.61 Å². The van der Waals surface area contributed by atoms with Gasteiger partial charge in [0.15, 0.2) is 17.3 Å². The molecule has 3 nitrogen and oxygen atoms in total. The van der Waals surface area contributed by atoms with Crippen molar-refractivity contribution in [3.05, 3.63) is 59.4 Å². The molecular weight excluding hydrogens is 271 g/mol. The summed E-state index contributed by atoms with van der Waals surface area (Å²) in [6, 6.07) is 11.4. The van der Waals surface area contributed by atoms with E-state index in [1.807, 2.05) is 6.92 Å². The third-order valence-electron chi connectivity index (χ3n) is 2.99. The van der Waals surface area contributed by atoms with Crippen molar-refractivity contribution >= 4 is 5.78 Å². The highest BCUT2D eigenvalue weighted by Crippen LogP contribution is 2.24. The average Bonchev–Trinajstić information content (AvgIpc) is 2.47. The smallest absolute Gasteiger partial charge is 0.165 e. The van der Waals surface area contributed by atoms with Crippen molar-refractivity contribution in [2.24, 2.45) is 0 Å². The van der Waals surface area contributed by atoms with Gasteiger partial charge < -0.3 is 9.47 Å². The highest BCUT2D eigenvalue weighted by atomic mass is 19.1. The maximum Gasteiger partial charge on any atom is 0.165 e. The van der Waals surface area contributed by atoms with Gasteiger partial charge in [0.25, 0.3) is 0 Å². The zero-order chi connectivity index (χ0) is 15.2. The molecule has 0 fully saturated rings. The van der Waals surface area contributed by atoms with Crippen LogP contribution >= 0.6 is 0 Å². The largest absolute Gasteiger partial charge is 0.493 e. The molecule has 21 heavy (non-hydrogen) atoms. The van der Waals surface area contributed by atoms with Crippen LogP contribution in [-0.2, 0) is 6.61 Å². The van der Waals surface area contributed by atoms with Crippen LogP contribution in [-0.4, -0.2) is 12.4 Å². The van der Waals surface area contributed by atoms with Crippen LogP contribution < -0.4 is 9.47 Å². The fourth-order valence-electron chi connectivity index (χ4n) is 1.92. The second-order valence-corrected chi connectivity index (χ2v) is 4.53. The van der Waals surface area contributed by atoms with Gasteiger partial charge in [-0.1, -0.05) is 12.1 Å². The normalized spacial score (nSPS) is 10.2. The number of carbonyl (C=O) groups excluding carboxylic acids is 1. The first-order valence-corrected chi connectivity index (χ1v) is 6.75. The molecule has 110 valence electrons. The zero-order valence-corrected chi connectivity index (χ0v) is 12.1. The Morgan fingerprint density at radius 2 is 1.86 bits per heavy atom. The molecule has 4 heteroatoms. The summed E-state index contributed by atoms with van der Waals surface area (Å²) in [5.41, 5.74) is 1.29.